The van der Waals surface area contributed by atoms with E-state index in [1.807, 2.05) is 0 Å². The fourth-order valence-corrected chi connectivity index (χ4v) is 6.62. The van der Waals surface area contributed by atoms with E-state index in [1.54, 1.807) is 33.5 Å². The summed E-state index contributed by atoms with van der Waals surface area (Å²) in [5, 5.41) is 14.5. The smallest absolute Gasteiger partial charge is 0.278 e. The Morgan fingerprint density at radius 2 is 1.97 bits per heavy atom. The monoisotopic (exact) mass is 574 g/mol. The molecule has 13 heteroatoms. The molecule has 3 aliphatic heterocycles. The molecule has 1 saturated heterocycles. The van der Waals surface area contributed by atoms with Crippen LogP contribution >= 0.6 is 22.9 Å². The maximum atomic E-state index is 15.2. The van der Waals surface area contributed by atoms with Gasteiger partial charge in [-0.15, -0.1) is 11.3 Å². The van der Waals surface area contributed by atoms with Crippen LogP contribution in [0.3, 0.4) is 0 Å². The number of thiophene rings is 1. The highest BCUT2D eigenvalue weighted by molar-refractivity contribution is 7.10. The third kappa shape index (κ3) is 3.80. The quantitative estimate of drug-likeness (QED) is 0.449. The largest absolute Gasteiger partial charge is 0.502 e. The summed E-state index contributed by atoms with van der Waals surface area (Å²) < 4.78 is 36.8. The maximum Gasteiger partial charge on any atom is 0.278 e. The fraction of sp³-hybridized carbons (Fsp3) is 0.269. The summed E-state index contributed by atoms with van der Waals surface area (Å²) in [4.78, 5) is 42.0. The van der Waals surface area contributed by atoms with Gasteiger partial charge < -0.3 is 19.6 Å². The third-order valence-electron chi connectivity index (χ3n) is 7.30. The number of pyridine rings is 1. The number of benzene rings is 1. The molecule has 0 aliphatic carbocycles. The summed E-state index contributed by atoms with van der Waals surface area (Å²) >= 11 is 7.84. The second-order valence-electron chi connectivity index (χ2n) is 9.54. The zero-order valence-electron chi connectivity index (χ0n) is 20.4. The SMILES string of the molecule is CC(=O)N1CC2(/C=C/COc3c(ccc(F)c3F)C(c3sccc3Cl)N3CN2C(=O)c2c(O)c(=O)ccn23)C1. The zero-order valence-corrected chi connectivity index (χ0v) is 22.0. The van der Waals surface area contributed by atoms with Gasteiger partial charge in [-0.2, -0.15) is 4.39 Å². The second kappa shape index (κ2) is 9.09. The number of fused-ring (bicyclic) bond motifs is 6. The van der Waals surface area contributed by atoms with Crippen molar-refractivity contribution >= 4 is 34.8 Å². The summed E-state index contributed by atoms with van der Waals surface area (Å²) in [6, 6.07) is 4.20. The predicted molar refractivity (Wildman–Crippen MR) is 139 cm³/mol. The van der Waals surface area contributed by atoms with Crippen LogP contribution in [0, 0.1) is 11.6 Å². The Labute approximate surface area is 229 Å². The molecule has 3 aliphatic rings. The Morgan fingerprint density at radius 1 is 1.21 bits per heavy atom. The summed E-state index contributed by atoms with van der Waals surface area (Å²) in [7, 11) is 0. The molecule has 1 spiro atoms. The molecule has 39 heavy (non-hydrogen) atoms. The lowest BCUT2D eigenvalue weighted by molar-refractivity contribution is -0.139. The number of rotatable bonds is 1. The Bertz CT molecular complexity index is 1620. The van der Waals surface area contributed by atoms with Crippen molar-refractivity contribution in [1.82, 2.24) is 14.5 Å². The molecule has 202 valence electrons. The molecule has 1 unspecified atom stereocenters. The number of ether oxygens (including phenoxy) is 1. The topological polar surface area (TPSA) is 95.3 Å². The van der Waals surface area contributed by atoms with E-state index in [9.17, 15) is 23.9 Å². The number of halogens is 3. The fourth-order valence-electron chi connectivity index (χ4n) is 5.33. The third-order valence-corrected chi connectivity index (χ3v) is 8.71. The first-order valence-corrected chi connectivity index (χ1v) is 13.2. The standard InChI is InChI=1S/C26H21ClF2N4O5S/c1-14(34)30-11-26(12-30)7-2-9-38-23-15(3-4-17(28)19(23)29)20(24-16(27)6-10-39-24)33-13-31(26)25(37)21-22(36)18(35)5-8-32(21)33/h2-8,10,20,36H,9,11-13H2,1H3/b7-2+. The van der Waals surface area contributed by atoms with Crippen LogP contribution in [0.15, 0.2) is 52.8 Å². The van der Waals surface area contributed by atoms with Crippen LogP contribution in [0.5, 0.6) is 11.5 Å². The van der Waals surface area contributed by atoms with Crippen molar-refractivity contribution in [3.8, 4) is 11.5 Å². The molecule has 3 aromatic rings. The molecule has 2 bridgehead atoms. The molecular formula is C26H21ClF2N4O5S. The van der Waals surface area contributed by atoms with Crippen LogP contribution < -0.4 is 15.2 Å². The van der Waals surface area contributed by atoms with Gasteiger partial charge in [-0.05, 0) is 29.7 Å². The molecule has 1 N–H and O–H groups in total. The lowest BCUT2D eigenvalue weighted by atomic mass is 9.86. The lowest BCUT2D eigenvalue weighted by Gasteiger charge is -2.57. The van der Waals surface area contributed by atoms with Gasteiger partial charge in [-0.1, -0.05) is 17.7 Å². The highest BCUT2D eigenvalue weighted by Gasteiger charge is 2.53. The van der Waals surface area contributed by atoms with E-state index in [1.165, 1.54) is 40.1 Å². The van der Waals surface area contributed by atoms with Gasteiger partial charge in [0.25, 0.3) is 5.91 Å². The lowest BCUT2D eigenvalue weighted by Crippen LogP contribution is -2.74. The predicted octanol–water partition coefficient (Wildman–Crippen LogP) is 3.24. The Morgan fingerprint density at radius 3 is 2.67 bits per heavy atom. The van der Waals surface area contributed by atoms with Crippen molar-refractivity contribution in [2.45, 2.75) is 18.5 Å². The van der Waals surface area contributed by atoms with Crippen LogP contribution in [0.4, 0.5) is 8.78 Å². The van der Waals surface area contributed by atoms with Crippen LogP contribution in [-0.2, 0) is 4.79 Å². The minimum atomic E-state index is -1.19. The highest BCUT2D eigenvalue weighted by Crippen LogP contribution is 2.44. The summed E-state index contributed by atoms with van der Waals surface area (Å²) in [6.07, 6.45) is 4.60. The maximum absolute atomic E-state index is 15.2. The first kappa shape index (κ1) is 25.4. The molecule has 2 amide bonds. The average molecular weight is 575 g/mol. The average Bonchev–Trinajstić information content (AvgIpc) is 3.29. The van der Waals surface area contributed by atoms with Gasteiger partial charge >= 0.3 is 0 Å². The van der Waals surface area contributed by atoms with Gasteiger partial charge in [-0.3, -0.25) is 24.1 Å². The van der Waals surface area contributed by atoms with Crippen LogP contribution in [0.1, 0.15) is 33.9 Å². The van der Waals surface area contributed by atoms with E-state index in [-0.39, 0.29) is 49.3 Å². The van der Waals surface area contributed by atoms with E-state index < -0.39 is 40.3 Å². The molecule has 0 radical (unpaired) electrons. The molecular weight excluding hydrogens is 554 g/mol. The van der Waals surface area contributed by atoms with Crippen molar-refractivity contribution in [3.63, 3.8) is 0 Å². The normalized spacial score (nSPS) is 20.5. The molecule has 1 aromatic carbocycles. The molecule has 1 atom stereocenters. The zero-order chi connectivity index (χ0) is 27.6. The molecule has 2 aromatic heterocycles. The van der Waals surface area contributed by atoms with Crippen molar-refractivity contribution < 1.29 is 28.2 Å². The highest BCUT2D eigenvalue weighted by atomic mass is 35.5. The molecule has 0 saturated carbocycles. The molecule has 9 nitrogen and oxygen atoms in total. The summed E-state index contributed by atoms with van der Waals surface area (Å²) in [5.74, 6) is -4.20. The van der Waals surface area contributed by atoms with Crippen molar-refractivity contribution in [1.29, 1.82) is 0 Å². The van der Waals surface area contributed by atoms with Crippen LogP contribution in [0.2, 0.25) is 5.02 Å². The van der Waals surface area contributed by atoms with E-state index in [0.29, 0.717) is 9.90 Å². The van der Waals surface area contributed by atoms with Gasteiger partial charge in [-0.25, -0.2) is 4.39 Å². The Hall–Kier alpha value is -3.90. The number of amides is 2. The van der Waals surface area contributed by atoms with Gasteiger partial charge in [0, 0.05) is 37.8 Å². The molecule has 5 heterocycles. The summed E-state index contributed by atoms with van der Waals surface area (Å²) in [5.41, 5.74) is -1.85. The number of likely N-dealkylation sites (tertiary alicyclic amines) is 1. The number of aromatic nitrogens is 1. The van der Waals surface area contributed by atoms with Gasteiger partial charge in [0.1, 0.15) is 19.3 Å². The first-order chi connectivity index (χ1) is 18.6. The van der Waals surface area contributed by atoms with Gasteiger partial charge in [0.05, 0.1) is 15.4 Å². The molecule has 6 rings (SSSR count). The minimum Gasteiger partial charge on any atom is -0.502 e. The van der Waals surface area contributed by atoms with E-state index in [4.69, 9.17) is 16.3 Å². The van der Waals surface area contributed by atoms with Crippen LogP contribution in [0.25, 0.3) is 0 Å². The summed E-state index contributed by atoms with van der Waals surface area (Å²) in [6.45, 7) is 1.45. The van der Waals surface area contributed by atoms with E-state index in [0.717, 1.165) is 12.1 Å². The second-order valence-corrected chi connectivity index (χ2v) is 10.9. The van der Waals surface area contributed by atoms with Crippen molar-refractivity contribution in [2.75, 3.05) is 31.4 Å². The number of nitrogens with zero attached hydrogens (tertiary/aromatic N) is 4. The van der Waals surface area contributed by atoms with E-state index >= 15 is 4.39 Å². The van der Waals surface area contributed by atoms with Gasteiger partial charge in [0.2, 0.25) is 17.2 Å². The van der Waals surface area contributed by atoms with Gasteiger partial charge in [0.15, 0.2) is 23.0 Å². The van der Waals surface area contributed by atoms with Crippen molar-refractivity contribution in [3.05, 3.63) is 91.0 Å². The molecule has 1 fully saturated rings. The van der Waals surface area contributed by atoms with E-state index in [2.05, 4.69) is 0 Å². The minimum absolute atomic E-state index is 0.110. The number of carbonyl (C=O) groups is 2. The number of carbonyl (C=O) groups excluding carboxylic acids is 2. The first-order valence-electron chi connectivity index (χ1n) is 11.9. The Balaban J connectivity index is 1.65. The van der Waals surface area contributed by atoms with Crippen molar-refractivity contribution in [2.24, 2.45) is 0 Å². The van der Waals surface area contributed by atoms with Crippen LogP contribution in [-0.4, -0.2) is 63.3 Å². The number of hydrogen-bond acceptors (Lipinski definition) is 7. The number of aromatic hydroxyl groups is 1. The Kier molecular flexibility index (Phi) is 5.92. The number of hydrogen-bond donors (Lipinski definition) is 1.